The third-order valence-electron chi connectivity index (χ3n) is 2.36. The van der Waals surface area contributed by atoms with Crippen LogP contribution < -0.4 is 10.7 Å². The Bertz CT molecular complexity index is 540. The van der Waals surface area contributed by atoms with E-state index in [9.17, 15) is 0 Å². The number of hydrazone groups is 1. The van der Waals surface area contributed by atoms with Gasteiger partial charge in [-0.2, -0.15) is 5.10 Å². The van der Waals surface area contributed by atoms with Gasteiger partial charge in [-0.3, -0.25) is 10.4 Å². The van der Waals surface area contributed by atoms with Crippen LogP contribution in [0.1, 0.15) is 11.1 Å². The highest BCUT2D eigenvalue weighted by Gasteiger charge is 1.94. The molecule has 0 radical (unpaired) electrons. The van der Waals surface area contributed by atoms with Crippen molar-refractivity contribution in [3.63, 3.8) is 0 Å². The van der Waals surface area contributed by atoms with Crippen LogP contribution in [0.3, 0.4) is 0 Å². The van der Waals surface area contributed by atoms with Crippen LogP contribution in [0.25, 0.3) is 0 Å². The Balaban J connectivity index is 1.75. The minimum Gasteiger partial charge on any atom is -0.357 e. The minimum atomic E-state index is 0.490. The number of hydrogen-bond donors (Lipinski definition) is 2. The molecule has 19 heavy (non-hydrogen) atoms. The first-order valence-electron chi connectivity index (χ1n) is 5.85. The van der Waals surface area contributed by atoms with E-state index in [1.165, 1.54) is 5.56 Å². The summed E-state index contributed by atoms with van der Waals surface area (Å²) in [6.45, 7) is 0.676. The van der Waals surface area contributed by atoms with Crippen LogP contribution in [-0.4, -0.2) is 16.3 Å². The Kier molecular flexibility index (Phi) is 5.01. The van der Waals surface area contributed by atoms with E-state index in [1.807, 2.05) is 42.5 Å². The summed E-state index contributed by atoms with van der Waals surface area (Å²) in [6.07, 6.45) is 5.12. The Labute approximate surface area is 117 Å². The van der Waals surface area contributed by atoms with E-state index in [-0.39, 0.29) is 0 Å². The third kappa shape index (κ3) is 4.85. The number of nitrogens with one attached hydrogen (secondary N) is 2. The normalized spacial score (nSPS) is 10.3. The van der Waals surface area contributed by atoms with E-state index in [1.54, 1.807) is 18.6 Å². The van der Waals surface area contributed by atoms with Gasteiger partial charge in [0.25, 0.3) is 0 Å². The molecule has 0 atom stereocenters. The van der Waals surface area contributed by atoms with Crippen molar-refractivity contribution < 1.29 is 0 Å². The van der Waals surface area contributed by atoms with Crippen molar-refractivity contribution >= 4 is 23.5 Å². The second kappa shape index (κ2) is 7.23. The van der Waals surface area contributed by atoms with Crippen molar-refractivity contribution in [3.8, 4) is 0 Å². The van der Waals surface area contributed by atoms with Gasteiger partial charge in [-0.1, -0.05) is 36.4 Å². The Morgan fingerprint density at radius 3 is 2.79 bits per heavy atom. The fraction of sp³-hybridized carbons (Fsp3) is 0.0714. The van der Waals surface area contributed by atoms with Gasteiger partial charge in [-0.05, 0) is 23.8 Å². The average Bonchev–Trinajstić information content (AvgIpc) is 2.47. The van der Waals surface area contributed by atoms with Gasteiger partial charge in [0.1, 0.15) is 0 Å². The van der Waals surface area contributed by atoms with Crippen LogP contribution in [-0.2, 0) is 6.54 Å². The number of aromatic nitrogens is 1. The second-order valence-electron chi connectivity index (χ2n) is 3.82. The first-order valence-corrected chi connectivity index (χ1v) is 6.26. The lowest BCUT2D eigenvalue weighted by atomic mass is 10.2. The molecule has 1 aromatic heterocycles. The highest BCUT2D eigenvalue weighted by molar-refractivity contribution is 7.80. The first kappa shape index (κ1) is 13.2. The smallest absolute Gasteiger partial charge is 0.187 e. The maximum Gasteiger partial charge on any atom is 0.187 e. The molecule has 2 rings (SSSR count). The zero-order valence-corrected chi connectivity index (χ0v) is 11.1. The molecule has 2 N–H and O–H groups in total. The maximum absolute atomic E-state index is 5.12. The van der Waals surface area contributed by atoms with Gasteiger partial charge in [0.2, 0.25) is 0 Å². The van der Waals surface area contributed by atoms with Gasteiger partial charge >= 0.3 is 0 Å². The van der Waals surface area contributed by atoms with Gasteiger partial charge in [0, 0.05) is 24.5 Å². The highest BCUT2D eigenvalue weighted by Crippen LogP contribution is 1.96. The molecular weight excluding hydrogens is 256 g/mol. The molecule has 0 aliphatic heterocycles. The van der Waals surface area contributed by atoms with E-state index in [0.717, 1.165) is 5.56 Å². The van der Waals surface area contributed by atoms with Crippen LogP contribution in [0.15, 0.2) is 60.0 Å². The molecule has 2 aromatic rings. The summed E-state index contributed by atoms with van der Waals surface area (Å²) in [5, 5.41) is 7.60. The minimum absolute atomic E-state index is 0.490. The van der Waals surface area contributed by atoms with Crippen LogP contribution in [0.2, 0.25) is 0 Å². The molecule has 0 aliphatic carbocycles. The molecule has 96 valence electrons. The predicted octanol–water partition coefficient (Wildman–Crippen LogP) is 2.08. The van der Waals surface area contributed by atoms with Gasteiger partial charge in [-0.25, -0.2) is 0 Å². The lowest BCUT2D eigenvalue weighted by molar-refractivity contribution is 0.869. The van der Waals surface area contributed by atoms with Crippen molar-refractivity contribution in [1.82, 2.24) is 15.7 Å². The molecule has 1 heterocycles. The highest BCUT2D eigenvalue weighted by atomic mass is 32.1. The Hall–Kier alpha value is -2.27. The third-order valence-corrected chi connectivity index (χ3v) is 2.60. The van der Waals surface area contributed by atoms with Crippen molar-refractivity contribution in [3.05, 3.63) is 66.0 Å². The molecule has 0 unspecified atom stereocenters. The summed E-state index contributed by atoms with van der Waals surface area (Å²) in [7, 11) is 0. The molecule has 0 saturated heterocycles. The number of pyridine rings is 1. The van der Waals surface area contributed by atoms with Crippen molar-refractivity contribution in [2.75, 3.05) is 0 Å². The topological polar surface area (TPSA) is 49.3 Å². The van der Waals surface area contributed by atoms with Crippen molar-refractivity contribution in [2.45, 2.75) is 6.54 Å². The standard InChI is InChI=1S/C14H14N4S/c19-14(16-10-12-5-2-1-3-6-12)18-17-11-13-7-4-8-15-9-13/h1-9,11H,10H2,(H2,16,18,19). The molecule has 0 fully saturated rings. The molecular formula is C14H14N4S. The van der Waals surface area contributed by atoms with Gasteiger partial charge in [-0.15, -0.1) is 0 Å². The Morgan fingerprint density at radius 1 is 1.21 bits per heavy atom. The lowest BCUT2D eigenvalue weighted by Gasteiger charge is -2.06. The largest absolute Gasteiger partial charge is 0.357 e. The lowest BCUT2D eigenvalue weighted by Crippen LogP contribution is -2.31. The van der Waals surface area contributed by atoms with Crippen molar-refractivity contribution in [1.29, 1.82) is 0 Å². The molecule has 1 aromatic carbocycles. The van der Waals surface area contributed by atoms with Crippen LogP contribution in [0, 0.1) is 0 Å². The van der Waals surface area contributed by atoms with Gasteiger partial charge < -0.3 is 5.32 Å². The van der Waals surface area contributed by atoms with Crippen LogP contribution in [0.5, 0.6) is 0 Å². The van der Waals surface area contributed by atoms with E-state index < -0.39 is 0 Å². The quantitative estimate of drug-likeness (QED) is 0.507. The second-order valence-corrected chi connectivity index (χ2v) is 4.23. The zero-order chi connectivity index (χ0) is 13.3. The van der Waals surface area contributed by atoms with E-state index in [0.29, 0.717) is 11.7 Å². The number of thiocarbonyl (C=S) groups is 1. The number of nitrogens with zero attached hydrogens (tertiary/aromatic N) is 2. The summed E-state index contributed by atoms with van der Waals surface area (Å²) in [5.41, 5.74) is 4.85. The SMILES string of the molecule is S=C(NCc1ccccc1)NN=Cc1cccnc1. The zero-order valence-electron chi connectivity index (χ0n) is 10.3. The molecule has 4 nitrogen and oxygen atoms in total. The molecule has 0 amide bonds. The van der Waals surface area contributed by atoms with Crippen LogP contribution in [0.4, 0.5) is 0 Å². The Morgan fingerprint density at radius 2 is 2.05 bits per heavy atom. The summed E-state index contributed by atoms with van der Waals surface area (Å²) in [6, 6.07) is 13.8. The number of hydrogen-bond acceptors (Lipinski definition) is 3. The van der Waals surface area contributed by atoms with Crippen LogP contribution >= 0.6 is 12.2 Å². The van der Waals surface area contributed by atoms with Gasteiger partial charge in [0.05, 0.1) is 6.21 Å². The fourth-order valence-corrected chi connectivity index (χ4v) is 1.56. The summed E-state index contributed by atoms with van der Waals surface area (Å²) >= 11 is 5.12. The first-order chi connectivity index (χ1) is 9.34. The van der Waals surface area contributed by atoms with Gasteiger partial charge in [0.15, 0.2) is 5.11 Å². The summed E-state index contributed by atoms with van der Waals surface area (Å²) < 4.78 is 0. The summed E-state index contributed by atoms with van der Waals surface area (Å²) in [4.78, 5) is 3.99. The molecule has 0 saturated carbocycles. The predicted molar refractivity (Wildman–Crippen MR) is 80.8 cm³/mol. The molecule has 5 heteroatoms. The number of benzene rings is 1. The average molecular weight is 270 g/mol. The van der Waals surface area contributed by atoms with Crippen molar-refractivity contribution in [2.24, 2.45) is 5.10 Å². The fourth-order valence-electron chi connectivity index (χ4n) is 1.44. The molecule has 0 spiro atoms. The molecule has 0 aliphatic rings. The van der Waals surface area contributed by atoms with E-state index in [2.05, 4.69) is 20.8 Å². The summed E-state index contributed by atoms with van der Waals surface area (Å²) in [5.74, 6) is 0. The van der Waals surface area contributed by atoms with E-state index in [4.69, 9.17) is 12.2 Å². The van der Waals surface area contributed by atoms with E-state index >= 15 is 0 Å². The number of rotatable bonds is 4. The molecule has 0 bridgehead atoms. The monoisotopic (exact) mass is 270 g/mol. The maximum atomic E-state index is 5.12.